The molecule has 2 heterocycles. The highest BCUT2D eigenvalue weighted by atomic mass is 16.5. The predicted octanol–water partition coefficient (Wildman–Crippen LogP) is 3.87. The number of ether oxygens (including phenoxy) is 1. The summed E-state index contributed by atoms with van der Waals surface area (Å²) in [6, 6.07) is 16.3. The van der Waals surface area contributed by atoms with E-state index in [1.54, 1.807) is 0 Å². The lowest BCUT2D eigenvalue weighted by molar-refractivity contribution is -0.147. The van der Waals surface area contributed by atoms with Crippen molar-refractivity contribution < 1.29 is 14.3 Å². The van der Waals surface area contributed by atoms with E-state index in [-0.39, 0.29) is 24.5 Å². The number of rotatable bonds is 6. The Balaban J connectivity index is 1.71. The number of nitrogens with zero attached hydrogens (tertiary/aromatic N) is 2. The van der Waals surface area contributed by atoms with Crippen molar-refractivity contribution in [2.45, 2.75) is 51.2 Å². The second-order valence-electron chi connectivity index (χ2n) is 9.19. The van der Waals surface area contributed by atoms with Gasteiger partial charge in [0.05, 0.1) is 11.6 Å². The standard InChI is InChI=1S/C26H33N3O3/c1-19(2)32-24(30)11-14-26(22-7-5-4-6-8-22)18-27-25(31)29(26)23-10-9-20-12-15-28(3)16-13-21(20)17-23/h4-10,17,19H,11-16,18H2,1-3H3,(H,27,31). The largest absolute Gasteiger partial charge is 0.463 e. The molecule has 1 unspecified atom stereocenters. The summed E-state index contributed by atoms with van der Waals surface area (Å²) in [5.74, 6) is -0.237. The highest BCUT2D eigenvalue weighted by Gasteiger charge is 2.47. The molecule has 0 aliphatic carbocycles. The molecular formula is C26H33N3O3. The molecule has 0 bridgehead atoms. The predicted molar refractivity (Wildman–Crippen MR) is 126 cm³/mol. The molecule has 32 heavy (non-hydrogen) atoms. The fourth-order valence-electron chi connectivity index (χ4n) is 4.86. The number of urea groups is 1. The van der Waals surface area contributed by atoms with Gasteiger partial charge in [0.1, 0.15) is 0 Å². The van der Waals surface area contributed by atoms with E-state index in [1.165, 1.54) is 11.1 Å². The molecule has 0 spiro atoms. The van der Waals surface area contributed by atoms with E-state index in [4.69, 9.17) is 4.74 Å². The Hall–Kier alpha value is -2.86. The quantitative estimate of drug-likeness (QED) is 0.700. The van der Waals surface area contributed by atoms with Crippen LogP contribution >= 0.6 is 0 Å². The molecular weight excluding hydrogens is 402 g/mol. The molecule has 1 atom stereocenters. The van der Waals surface area contributed by atoms with Crippen LogP contribution < -0.4 is 10.2 Å². The summed E-state index contributed by atoms with van der Waals surface area (Å²) in [5.41, 5.74) is 3.90. The van der Waals surface area contributed by atoms with Crippen LogP contribution in [0.2, 0.25) is 0 Å². The number of anilines is 1. The average molecular weight is 436 g/mol. The maximum atomic E-state index is 13.2. The van der Waals surface area contributed by atoms with Crippen LogP contribution in [0, 0.1) is 0 Å². The Labute approximate surface area is 190 Å². The first-order chi connectivity index (χ1) is 15.4. The van der Waals surface area contributed by atoms with Gasteiger partial charge in [-0.1, -0.05) is 36.4 Å². The molecule has 170 valence electrons. The number of nitrogens with one attached hydrogen (secondary N) is 1. The first kappa shape index (κ1) is 22.3. The van der Waals surface area contributed by atoms with Crippen LogP contribution in [-0.4, -0.2) is 49.7 Å². The summed E-state index contributed by atoms with van der Waals surface area (Å²) in [7, 11) is 2.15. The molecule has 4 rings (SSSR count). The van der Waals surface area contributed by atoms with Gasteiger partial charge >= 0.3 is 12.0 Å². The number of amides is 2. The number of carbonyl (C=O) groups excluding carboxylic acids is 2. The van der Waals surface area contributed by atoms with Crippen molar-refractivity contribution in [1.82, 2.24) is 10.2 Å². The van der Waals surface area contributed by atoms with Crippen molar-refractivity contribution in [3.63, 3.8) is 0 Å². The number of hydrogen-bond donors (Lipinski definition) is 1. The molecule has 1 fully saturated rings. The zero-order valence-electron chi connectivity index (χ0n) is 19.3. The van der Waals surface area contributed by atoms with Gasteiger partial charge in [-0.3, -0.25) is 9.69 Å². The number of likely N-dealkylation sites (N-methyl/N-ethyl adjacent to an activating group) is 1. The molecule has 2 aliphatic heterocycles. The number of fused-ring (bicyclic) bond motifs is 1. The second-order valence-corrected chi connectivity index (χ2v) is 9.19. The molecule has 2 amide bonds. The van der Waals surface area contributed by atoms with Gasteiger partial charge < -0.3 is 15.0 Å². The van der Waals surface area contributed by atoms with Crippen molar-refractivity contribution in [3.05, 3.63) is 65.2 Å². The molecule has 2 aromatic carbocycles. The van der Waals surface area contributed by atoms with Crippen LogP contribution in [-0.2, 0) is 27.9 Å². The van der Waals surface area contributed by atoms with Gasteiger partial charge in [-0.15, -0.1) is 0 Å². The first-order valence-corrected chi connectivity index (χ1v) is 11.5. The van der Waals surface area contributed by atoms with E-state index in [0.29, 0.717) is 13.0 Å². The van der Waals surface area contributed by atoms with E-state index in [0.717, 1.165) is 37.2 Å². The fraction of sp³-hybridized carbons (Fsp3) is 0.462. The van der Waals surface area contributed by atoms with Crippen LogP contribution in [0.1, 0.15) is 43.4 Å². The summed E-state index contributed by atoms with van der Waals surface area (Å²) in [5, 5.41) is 3.05. The minimum Gasteiger partial charge on any atom is -0.463 e. The first-order valence-electron chi connectivity index (χ1n) is 11.5. The van der Waals surface area contributed by atoms with Gasteiger partial charge in [-0.25, -0.2) is 4.79 Å². The van der Waals surface area contributed by atoms with Crippen molar-refractivity contribution >= 4 is 17.7 Å². The number of carbonyl (C=O) groups is 2. The Kier molecular flexibility index (Phi) is 6.51. The summed E-state index contributed by atoms with van der Waals surface area (Å²) in [4.78, 5) is 29.8. The fourth-order valence-corrected chi connectivity index (χ4v) is 4.86. The maximum Gasteiger partial charge on any atom is 0.322 e. The van der Waals surface area contributed by atoms with Crippen LogP contribution in [0.25, 0.3) is 0 Å². The number of benzene rings is 2. The Morgan fingerprint density at radius 1 is 1.09 bits per heavy atom. The third-order valence-corrected chi connectivity index (χ3v) is 6.56. The summed E-state index contributed by atoms with van der Waals surface area (Å²) >= 11 is 0. The van der Waals surface area contributed by atoms with E-state index >= 15 is 0 Å². The number of esters is 1. The SMILES string of the molecule is CC(C)OC(=O)CCC1(c2ccccc2)CNC(=O)N1c1ccc2c(c1)CCN(C)CC2. The lowest BCUT2D eigenvalue weighted by Gasteiger charge is -2.38. The van der Waals surface area contributed by atoms with Crippen LogP contribution in [0.4, 0.5) is 10.5 Å². The minimum absolute atomic E-state index is 0.128. The second kappa shape index (κ2) is 9.33. The average Bonchev–Trinajstić information content (AvgIpc) is 3.00. The Morgan fingerprint density at radius 3 is 2.53 bits per heavy atom. The lowest BCUT2D eigenvalue weighted by Crippen LogP contribution is -2.45. The van der Waals surface area contributed by atoms with Gasteiger partial charge in [0, 0.05) is 31.7 Å². The van der Waals surface area contributed by atoms with Crippen molar-refractivity contribution in [1.29, 1.82) is 0 Å². The molecule has 6 heteroatoms. The number of hydrogen-bond acceptors (Lipinski definition) is 4. The molecule has 0 radical (unpaired) electrons. The minimum atomic E-state index is -0.649. The molecule has 2 aliphatic rings. The molecule has 6 nitrogen and oxygen atoms in total. The van der Waals surface area contributed by atoms with E-state index < -0.39 is 5.54 Å². The van der Waals surface area contributed by atoms with Crippen molar-refractivity contribution in [2.75, 3.05) is 31.6 Å². The monoisotopic (exact) mass is 435 g/mol. The Morgan fingerprint density at radius 2 is 1.81 bits per heavy atom. The molecule has 2 aromatic rings. The van der Waals surface area contributed by atoms with Gasteiger partial charge in [0.15, 0.2) is 0 Å². The topological polar surface area (TPSA) is 61.9 Å². The van der Waals surface area contributed by atoms with Gasteiger partial charge in [0.2, 0.25) is 0 Å². The highest BCUT2D eigenvalue weighted by Crippen LogP contribution is 2.41. The zero-order chi connectivity index (χ0) is 22.7. The van der Waals surface area contributed by atoms with Gasteiger partial charge in [-0.2, -0.15) is 0 Å². The van der Waals surface area contributed by atoms with Crippen LogP contribution in [0.15, 0.2) is 48.5 Å². The molecule has 1 saturated heterocycles. The smallest absolute Gasteiger partial charge is 0.322 e. The van der Waals surface area contributed by atoms with Crippen molar-refractivity contribution in [2.24, 2.45) is 0 Å². The highest BCUT2D eigenvalue weighted by molar-refractivity contribution is 5.96. The van der Waals surface area contributed by atoms with Crippen LogP contribution in [0.3, 0.4) is 0 Å². The van der Waals surface area contributed by atoms with Gasteiger partial charge in [0.25, 0.3) is 0 Å². The van der Waals surface area contributed by atoms with E-state index in [2.05, 4.69) is 35.5 Å². The van der Waals surface area contributed by atoms with Crippen LogP contribution in [0.5, 0.6) is 0 Å². The third kappa shape index (κ3) is 4.51. The zero-order valence-corrected chi connectivity index (χ0v) is 19.3. The summed E-state index contributed by atoms with van der Waals surface area (Å²) in [6.45, 7) is 6.20. The molecule has 1 N–H and O–H groups in total. The maximum absolute atomic E-state index is 13.2. The summed E-state index contributed by atoms with van der Waals surface area (Å²) in [6.07, 6.45) is 2.56. The van der Waals surface area contributed by atoms with Gasteiger partial charge in [-0.05, 0) is 69.0 Å². The third-order valence-electron chi connectivity index (χ3n) is 6.56. The Bertz CT molecular complexity index is 976. The molecule has 0 saturated carbocycles. The normalized spacial score (nSPS) is 21.2. The van der Waals surface area contributed by atoms with E-state index in [1.807, 2.05) is 49.1 Å². The lowest BCUT2D eigenvalue weighted by atomic mass is 9.84. The van der Waals surface area contributed by atoms with Crippen molar-refractivity contribution in [3.8, 4) is 0 Å². The van der Waals surface area contributed by atoms with E-state index in [9.17, 15) is 9.59 Å². The molecule has 0 aromatic heterocycles. The summed E-state index contributed by atoms with van der Waals surface area (Å²) < 4.78 is 5.39.